The molecule has 0 spiro atoms. The minimum Gasteiger partial charge on any atom is -0.480 e. The molecule has 0 aliphatic rings. The van der Waals surface area contributed by atoms with Crippen molar-refractivity contribution < 1.29 is 14.7 Å². The molecule has 1 aromatic carbocycles. The van der Waals surface area contributed by atoms with Crippen LogP contribution in [0, 0.1) is 0 Å². The molecule has 6 heteroatoms. The van der Waals surface area contributed by atoms with E-state index in [-0.39, 0.29) is 10.8 Å². The Balaban J connectivity index is 2.35. The zero-order chi connectivity index (χ0) is 14.0. The summed E-state index contributed by atoms with van der Waals surface area (Å²) in [6, 6.07) is 7.83. The van der Waals surface area contributed by atoms with Gasteiger partial charge in [-0.25, -0.2) is 4.98 Å². The van der Waals surface area contributed by atoms with Crippen LogP contribution in [-0.2, 0) is 4.79 Å². The summed E-state index contributed by atoms with van der Waals surface area (Å²) in [5.41, 5.74) is 0.0943. The number of nitrogens with one attached hydrogen (secondary N) is 1. The van der Waals surface area contributed by atoms with Crippen molar-refractivity contribution in [1.82, 2.24) is 10.3 Å². The van der Waals surface area contributed by atoms with Gasteiger partial charge < -0.3 is 10.4 Å². The summed E-state index contributed by atoms with van der Waals surface area (Å²) in [5.74, 6) is -1.68. The van der Waals surface area contributed by atoms with Crippen molar-refractivity contribution >= 4 is 34.2 Å². The molecule has 0 fully saturated rings. The third-order valence-corrected chi connectivity index (χ3v) is 2.93. The number of pyridine rings is 1. The number of carbonyl (C=O) groups is 2. The molecule has 1 aromatic heterocycles. The third kappa shape index (κ3) is 2.82. The first-order valence-corrected chi connectivity index (χ1v) is 5.96. The maximum Gasteiger partial charge on any atom is 0.325 e. The van der Waals surface area contributed by atoms with E-state index in [4.69, 9.17) is 16.7 Å². The molecule has 1 atom stereocenters. The number of carbonyl (C=O) groups excluding carboxylic acids is 1. The molecule has 1 heterocycles. The lowest BCUT2D eigenvalue weighted by atomic mass is 10.1. The lowest BCUT2D eigenvalue weighted by Gasteiger charge is -2.09. The number of hydrogen-bond donors (Lipinski definition) is 2. The zero-order valence-electron chi connectivity index (χ0n) is 10.1. The molecule has 98 valence electrons. The number of aromatic nitrogens is 1. The maximum absolute atomic E-state index is 11.9. The van der Waals surface area contributed by atoms with Crippen molar-refractivity contribution in [2.45, 2.75) is 13.0 Å². The Kier molecular flexibility index (Phi) is 3.66. The van der Waals surface area contributed by atoms with Crippen LogP contribution in [0.1, 0.15) is 17.4 Å². The van der Waals surface area contributed by atoms with Crippen LogP contribution < -0.4 is 5.32 Å². The van der Waals surface area contributed by atoms with Crippen molar-refractivity contribution in [2.24, 2.45) is 0 Å². The minimum atomic E-state index is -1.11. The molecular weight excluding hydrogens is 268 g/mol. The van der Waals surface area contributed by atoms with E-state index in [2.05, 4.69) is 10.3 Å². The van der Waals surface area contributed by atoms with Gasteiger partial charge in [0.15, 0.2) is 0 Å². The number of rotatable bonds is 3. The molecule has 2 rings (SSSR count). The van der Waals surface area contributed by atoms with E-state index < -0.39 is 17.9 Å². The number of hydrogen-bond acceptors (Lipinski definition) is 3. The standard InChI is InChI=1S/C13H11ClN2O3/c1-7(13(18)19)15-12(17)10-6-8-4-2-3-5-9(8)11(14)16-10/h2-7H,1H3,(H,15,17)(H,18,19)/t7-/m0/s1. The average Bonchev–Trinajstić information content (AvgIpc) is 2.38. The number of halogens is 1. The van der Waals surface area contributed by atoms with Crippen molar-refractivity contribution in [1.29, 1.82) is 0 Å². The Bertz CT molecular complexity index is 657. The first kappa shape index (κ1) is 13.3. The quantitative estimate of drug-likeness (QED) is 0.843. The molecule has 2 aromatic rings. The Morgan fingerprint density at radius 2 is 2.05 bits per heavy atom. The lowest BCUT2D eigenvalue weighted by Crippen LogP contribution is -2.38. The number of nitrogens with zero attached hydrogens (tertiary/aromatic N) is 1. The topological polar surface area (TPSA) is 79.3 Å². The van der Waals surface area contributed by atoms with Gasteiger partial charge in [-0.1, -0.05) is 35.9 Å². The predicted octanol–water partition coefficient (Wildman–Crippen LogP) is 2.09. The Morgan fingerprint density at radius 1 is 1.37 bits per heavy atom. The van der Waals surface area contributed by atoms with Crippen LogP contribution in [0.5, 0.6) is 0 Å². The molecule has 0 unspecified atom stereocenters. The fourth-order valence-corrected chi connectivity index (χ4v) is 1.87. The van der Waals surface area contributed by atoms with Gasteiger partial charge in [0.1, 0.15) is 16.9 Å². The van der Waals surface area contributed by atoms with E-state index in [0.717, 1.165) is 10.8 Å². The summed E-state index contributed by atoms with van der Waals surface area (Å²) in [5, 5.41) is 12.8. The molecule has 0 aliphatic carbocycles. The number of carboxylic acids is 1. The van der Waals surface area contributed by atoms with E-state index in [1.165, 1.54) is 6.92 Å². The fraction of sp³-hybridized carbons (Fsp3) is 0.154. The van der Waals surface area contributed by atoms with Crippen LogP contribution in [0.25, 0.3) is 10.8 Å². The molecule has 5 nitrogen and oxygen atoms in total. The summed E-state index contributed by atoms with van der Waals surface area (Å²) < 4.78 is 0. The van der Waals surface area contributed by atoms with Crippen LogP contribution in [0.2, 0.25) is 5.15 Å². The second-order valence-electron chi connectivity index (χ2n) is 4.05. The van der Waals surface area contributed by atoms with Crippen molar-refractivity contribution in [3.8, 4) is 0 Å². The summed E-state index contributed by atoms with van der Waals surface area (Å²) >= 11 is 6.00. The SMILES string of the molecule is C[C@H](NC(=O)c1cc2ccccc2c(Cl)n1)C(=O)O. The normalized spacial score (nSPS) is 12.1. The molecule has 2 N–H and O–H groups in total. The van der Waals surface area contributed by atoms with Crippen LogP contribution in [0.4, 0.5) is 0 Å². The molecule has 0 aliphatic heterocycles. The van der Waals surface area contributed by atoms with Gasteiger partial charge in [0.25, 0.3) is 5.91 Å². The van der Waals surface area contributed by atoms with Crippen molar-refractivity contribution in [2.75, 3.05) is 0 Å². The zero-order valence-corrected chi connectivity index (χ0v) is 10.8. The van der Waals surface area contributed by atoms with E-state index >= 15 is 0 Å². The first-order valence-electron chi connectivity index (χ1n) is 5.58. The number of amides is 1. The van der Waals surface area contributed by atoms with Gasteiger partial charge in [0, 0.05) is 5.39 Å². The molecule has 19 heavy (non-hydrogen) atoms. The average molecular weight is 279 g/mol. The monoisotopic (exact) mass is 278 g/mol. The summed E-state index contributed by atoms with van der Waals surface area (Å²) in [4.78, 5) is 26.5. The van der Waals surface area contributed by atoms with Crippen LogP contribution in [0.15, 0.2) is 30.3 Å². The van der Waals surface area contributed by atoms with Crippen molar-refractivity contribution in [3.63, 3.8) is 0 Å². The van der Waals surface area contributed by atoms with Gasteiger partial charge in [-0.15, -0.1) is 0 Å². The highest BCUT2D eigenvalue weighted by molar-refractivity contribution is 6.34. The largest absolute Gasteiger partial charge is 0.480 e. The van der Waals surface area contributed by atoms with Crippen LogP contribution in [-0.4, -0.2) is 28.0 Å². The molecule has 0 saturated heterocycles. The molecule has 0 saturated carbocycles. The van der Waals surface area contributed by atoms with Gasteiger partial charge in [-0.2, -0.15) is 0 Å². The van der Waals surface area contributed by atoms with Gasteiger partial charge >= 0.3 is 5.97 Å². The first-order chi connectivity index (χ1) is 8.99. The second-order valence-corrected chi connectivity index (χ2v) is 4.41. The Hall–Kier alpha value is -2.14. The number of benzene rings is 1. The van der Waals surface area contributed by atoms with Crippen LogP contribution in [0.3, 0.4) is 0 Å². The molecule has 1 amide bonds. The highest BCUT2D eigenvalue weighted by Gasteiger charge is 2.17. The lowest BCUT2D eigenvalue weighted by molar-refractivity contribution is -0.138. The predicted molar refractivity (Wildman–Crippen MR) is 71.3 cm³/mol. The summed E-state index contributed by atoms with van der Waals surface area (Å²) in [7, 11) is 0. The highest BCUT2D eigenvalue weighted by atomic mass is 35.5. The number of carboxylic acid groups (broad SMARTS) is 1. The van der Waals surface area contributed by atoms with Gasteiger partial charge in [0.2, 0.25) is 0 Å². The van der Waals surface area contributed by atoms with E-state index in [1.54, 1.807) is 18.2 Å². The molecule has 0 bridgehead atoms. The van der Waals surface area contributed by atoms with Gasteiger partial charge in [0.05, 0.1) is 0 Å². The Morgan fingerprint density at radius 3 is 2.74 bits per heavy atom. The maximum atomic E-state index is 11.9. The third-order valence-electron chi connectivity index (χ3n) is 2.64. The highest BCUT2D eigenvalue weighted by Crippen LogP contribution is 2.22. The summed E-state index contributed by atoms with van der Waals surface area (Å²) in [6.07, 6.45) is 0. The smallest absolute Gasteiger partial charge is 0.325 e. The molecule has 0 radical (unpaired) electrons. The van der Waals surface area contributed by atoms with Crippen LogP contribution >= 0.6 is 11.6 Å². The Labute approximate surface area is 114 Å². The summed E-state index contributed by atoms with van der Waals surface area (Å²) in [6.45, 7) is 1.38. The number of aliphatic carboxylic acids is 1. The van der Waals surface area contributed by atoms with Crippen molar-refractivity contribution in [3.05, 3.63) is 41.2 Å². The number of fused-ring (bicyclic) bond motifs is 1. The van der Waals surface area contributed by atoms with E-state index in [1.807, 2.05) is 12.1 Å². The molecular formula is C13H11ClN2O3. The van der Waals surface area contributed by atoms with Gasteiger partial charge in [-0.05, 0) is 18.4 Å². The van der Waals surface area contributed by atoms with Gasteiger partial charge in [-0.3, -0.25) is 9.59 Å². The minimum absolute atomic E-state index is 0.0943. The fourth-order valence-electron chi connectivity index (χ4n) is 1.60. The van der Waals surface area contributed by atoms with E-state index in [9.17, 15) is 9.59 Å². The second kappa shape index (κ2) is 5.24. The van der Waals surface area contributed by atoms with E-state index in [0.29, 0.717) is 0 Å².